The summed E-state index contributed by atoms with van der Waals surface area (Å²) in [5.74, 6) is 0.101. The first kappa shape index (κ1) is 12.9. The molecule has 0 radical (unpaired) electrons. The Morgan fingerprint density at radius 2 is 2.11 bits per heavy atom. The molecule has 19 heavy (non-hydrogen) atoms. The van der Waals surface area contributed by atoms with E-state index in [1.807, 2.05) is 13.8 Å². The lowest BCUT2D eigenvalue weighted by Crippen LogP contribution is -2.18. The Balaban J connectivity index is 2.27. The molecule has 0 aliphatic rings. The van der Waals surface area contributed by atoms with Crippen LogP contribution in [0.3, 0.4) is 0 Å². The second-order valence-corrected chi connectivity index (χ2v) is 4.39. The van der Waals surface area contributed by atoms with Gasteiger partial charge in [-0.25, -0.2) is 4.98 Å². The van der Waals surface area contributed by atoms with Crippen molar-refractivity contribution in [3.8, 4) is 0 Å². The second-order valence-electron chi connectivity index (χ2n) is 4.39. The fraction of sp³-hybridized carbons (Fsp3) is 0.231. The van der Waals surface area contributed by atoms with E-state index in [1.165, 1.54) is 24.7 Å². The third kappa shape index (κ3) is 3.25. The maximum Gasteiger partial charge on any atom is 0.257 e. The van der Waals surface area contributed by atoms with Gasteiger partial charge in [-0.15, -0.1) is 0 Å². The van der Waals surface area contributed by atoms with Crippen LogP contribution >= 0.6 is 0 Å². The smallest absolute Gasteiger partial charge is 0.257 e. The molecule has 2 rings (SSSR count). The molecule has 0 saturated heterocycles. The Bertz CT molecular complexity index is 635. The van der Waals surface area contributed by atoms with Gasteiger partial charge < -0.3 is 10.3 Å². The molecule has 2 heterocycles. The lowest BCUT2D eigenvalue weighted by atomic mass is 10.1. The van der Waals surface area contributed by atoms with Gasteiger partial charge in [0.25, 0.3) is 5.91 Å². The minimum absolute atomic E-state index is 0.136. The van der Waals surface area contributed by atoms with Crippen LogP contribution in [0.25, 0.3) is 0 Å². The van der Waals surface area contributed by atoms with Crippen molar-refractivity contribution in [3.63, 3.8) is 0 Å². The number of H-pyrrole nitrogens is 1. The monoisotopic (exact) mass is 258 g/mol. The highest BCUT2D eigenvalue weighted by atomic mass is 16.2. The summed E-state index contributed by atoms with van der Waals surface area (Å²) in [6, 6.07) is 2.93. The van der Waals surface area contributed by atoms with Gasteiger partial charge in [0.1, 0.15) is 0 Å². The molecular formula is C13H14N4O2. The molecule has 6 nitrogen and oxygen atoms in total. The SMILES string of the molecule is CC(C)c1cc(C(=O)Nc2cnccn2)cc(=O)[nH]1. The molecule has 2 aromatic heterocycles. The number of amides is 1. The van der Waals surface area contributed by atoms with Crippen molar-refractivity contribution in [1.82, 2.24) is 15.0 Å². The molecule has 98 valence electrons. The standard InChI is InChI=1S/C13H14N4O2/c1-8(2)10-5-9(6-12(18)16-10)13(19)17-11-7-14-3-4-15-11/h3-8H,1-2H3,(H,16,18)(H,15,17,19). The van der Waals surface area contributed by atoms with Crippen molar-refractivity contribution < 1.29 is 4.79 Å². The molecular weight excluding hydrogens is 244 g/mol. The quantitative estimate of drug-likeness (QED) is 0.874. The lowest BCUT2D eigenvalue weighted by molar-refractivity contribution is 0.102. The van der Waals surface area contributed by atoms with Crippen molar-refractivity contribution >= 4 is 11.7 Å². The lowest BCUT2D eigenvalue weighted by Gasteiger charge is -2.08. The predicted molar refractivity (Wildman–Crippen MR) is 71.1 cm³/mol. The molecule has 0 fully saturated rings. The van der Waals surface area contributed by atoms with Crippen LogP contribution in [-0.2, 0) is 0 Å². The number of hydrogen-bond donors (Lipinski definition) is 2. The maximum atomic E-state index is 12.0. The summed E-state index contributed by atoms with van der Waals surface area (Å²) in [5, 5.41) is 2.59. The van der Waals surface area contributed by atoms with Gasteiger partial charge in [0.05, 0.1) is 6.20 Å². The van der Waals surface area contributed by atoms with Crippen LogP contribution in [0, 0.1) is 0 Å². The van der Waals surface area contributed by atoms with E-state index >= 15 is 0 Å². The molecule has 2 N–H and O–H groups in total. The fourth-order valence-electron chi connectivity index (χ4n) is 1.56. The third-order valence-electron chi connectivity index (χ3n) is 2.55. The summed E-state index contributed by atoms with van der Waals surface area (Å²) < 4.78 is 0. The molecule has 0 aromatic carbocycles. The second kappa shape index (κ2) is 5.43. The van der Waals surface area contributed by atoms with Gasteiger partial charge in [0, 0.05) is 29.7 Å². The Hall–Kier alpha value is -2.50. The van der Waals surface area contributed by atoms with E-state index in [4.69, 9.17) is 0 Å². The summed E-state index contributed by atoms with van der Waals surface area (Å²) in [7, 11) is 0. The highest BCUT2D eigenvalue weighted by Gasteiger charge is 2.10. The molecule has 2 aromatic rings. The van der Waals surface area contributed by atoms with Crippen molar-refractivity contribution in [2.24, 2.45) is 0 Å². The fourth-order valence-corrected chi connectivity index (χ4v) is 1.56. The van der Waals surface area contributed by atoms with E-state index in [9.17, 15) is 9.59 Å². The molecule has 0 saturated carbocycles. The third-order valence-corrected chi connectivity index (χ3v) is 2.55. The van der Waals surface area contributed by atoms with Crippen LogP contribution < -0.4 is 10.9 Å². The topological polar surface area (TPSA) is 87.7 Å². The van der Waals surface area contributed by atoms with E-state index in [0.717, 1.165) is 5.69 Å². The number of aromatic nitrogens is 3. The van der Waals surface area contributed by atoms with E-state index in [-0.39, 0.29) is 17.4 Å². The first-order valence-corrected chi connectivity index (χ1v) is 5.88. The Labute approximate surface area is 109 Å². The van der Waals surface area contributed by atoms with Gasteiger partial charge in [-0.1, -0.05) is 13.8 Å². The van der Waals surface area contributed by atoms with Gasteiger partial charge in [-0.3, -0.25) is 14.6 Å². The number of carbonyl (C=O) groups excluding carboxylic acids is 1. The van der Waals surface area contributed by atoms with Gasteiger partial charge in [0.15, 0.2) is 5.82 Å². The van der Waals surface area contributed by atoms with Gasteiger partial charge in [0.2, 0.25) is 5.56 Å². The molecule has 0 atom stereocenters. The number of hydrogen-bond acceptors (Lipinski definition) is 4. The van der Waals surface area contributed by atoms with Crippen LogP contribution in [0.5, 0.6) is 0 Å². The average Bonchev–Trinajstić information content (AvgIpc) is 2.39. The Kier molecular flexibility index (Phi) is 3.70. The predicted octanol–water partition coefficient (Wildman–Crippen LogP) is 1.54. The van der Waals surface area contributed by atoms with E-state index < -0.39 is 0 Å². The van der Waals surface area contributed by atoms with Crippen LogP contribution in [0.4, 0.5) is 5.82 Å². The summed E-state index contributed by atoms with van der Waals surface area (Å²) in [4.78, 5) is 34.0. The van der Waals surface area contributed by atoms with Crippen LogP contribution in [0.1, 0.15) is 35.8 Å². The largest absolute Gasteiger partial charge is 0.326 e. The van der Waals surface area contributed by atoms with Crippen molar-refractivity contribution in [3.05, 3.63) is 52.3 Å². The number of anilines is 1. The van der Waals surface area contributed by atoms with Crippen LogP contribution in [0.2, 0.25) is 0 Å². The molecule has 0 aliphatic carbocycles. The summed E-state index contributed by atoms with van der Waals surface area (Å²) in [6.45, 7) is 3.88. The highest BCUT2D eigenvalue weighted by Crippen LogP contribution is 2.11. The highest BCUT2D eigenvalue weighted by molar-refractivity contribution is 6.03. The van der Waals surface area contributed by atoms with E-state index in [0.29, 0.717) is 11.4 Å². The number of pyridine rings is 1. The first-order valence-electron chi connectivity index (χ1n) is 5.88. The van der Waals surface area contributed by atoms with Crippen LogP contribution in [0.15, 0.2) is 35.5 Å². The minimum atomic E-state index is -0.381. The number of rotatable bonds is 3. The molecule has 0 unspecified atom stereocenters. The molecule has 1 amide bonds. The number of aromatic amines is 1. The van der Waals surface area contributed by atoms with Gasteiger partial charge in [-0.2, -0.15) is 0 Å². The summed E-state index contributed by atoms with van der Waals surface area (Å²) >= 11 is 0. The number of nitrogens with one attached hydrogen (secondary N) is 2. The van der Waals surface area contributed by atoms with Crippen molar-refractivity contribution in [2.75, 3.05) is 5.32 Å². The maximum absolute atomic E-state index is 12.0. The van der Waals surface area contributed by atoms with Gasteiger partial charge in [-0.05, 0) is 12.0 Å². The Morgan fingerprint density at radius 1 is 1.32 bits per heavy atom. The summed E-state index contributed by atoms with van der Waals surface area (Å²) in [6.07, 6.45) is 4.43. The Morgan fingerprint density at radius 3 is 2.74 bits per heavy atom. The zero-order valence-corrected chi connectivity index (χ0v) is 10.7. The van der Waals surface area contributed by atoms with Crippen LogP contribution in [-0.4, -0.2) is 20.9 Å². The number of carbonyl (C=O) groups is 1. The zero-order chi connectivity index (χ0) is 13.8. The van der Waals surface area contributed by atoms with Crippen molar-refractivity contribution in [2.45, 2.75) is 19.8 Å². The first-order chi connectivity index (χ1) is 9.06. The molecule has 0 spiro atoms. The molecule has 0 aliphatic heterocycles. The normalized spacial score (nSPS) is 10.5. The minimum Gasteiger partial charge on any atom is -0.326 e. The number of nitrogens with zero attached hydrogens (tertiary/aromatic N) is 2. The molecule has 0 bridgehead atoms. The van der Waals surface area contributed by atoms with E-state index in [1.54, 1.807) is 6.07 Å². The summed E-state index contributed by atoms with van der Waals surface area (Å²) in [5.41, 5.74) is 0.727. The average molecular weight is 258 g/mol. The van der Waals surface area contributed by atoms with E-state index in [2.05, 4.69) is 20.3 Å². The molecule has 6 heteroatoms. The van der Waals surface area contributed by atoms with Gasteiger partial charge >= 0.3 is 0 Å². The van der Waals surface area contributed by atoms with Crippen molar-refractivity contribution in [1.29, 1.82) is 0 Å². The zero-order valence-electron chi connectivity index (χ0n) is 10.7.